The van der Waals surface area contributed by atoms with Gasteiger partial charge in [-0.2, -0.15) is 0 Å². The Kier molecular flexibility index (Phi) is 4.45. The molecule has 0 aliphatic carbocycles. The van der Waals surface area contributed by atoms with Crippen LogP contribution in [0.15, 0.2) is 36.4 Å². The number of nitrogens with one attached hydrogen (secondary N) is 1. The predicted molar refractivity (Wildman–Crippen MR) is 77.9 cm³/mol. The zero-order chi connectivity index (χ0) is 13.0. The highest BCUT2D eigenvalue weighted by atomic mass is 35.5. The first kappa shape index (κ1) is 13.2. The molecule has 0 amide bonds. The summed E-state index contributed by atoms with van der Waals surface area (Å²) in [4.78, 5) is 5.53. The molecular formula is C15H19ClN2. The Hall–Kier alpha value is -1.25. The van der Waals surface area contributed by atoms with Crippen LogP contribution < -0.4 is 0 Å². The van der Waals surface area contributed by atoms with Crippen LogP contribution in [0.3, 0.4) is 0 Å². The minimum atomic E-state index is 0.678. The second-order valence-electron chi connectivity index (χ2n) is 4.38. The van der Waals surface area contributed by atoms with Crippen molar-refractivity contribution in [2.24, 2.45) is 0 Å². The smallest absolute Gasteiger partial charge is 0.106 e. The van der Waals surface area contributed by atoms with Gasteiger partial charge in [0.2, 0.25) is 0 Å². The van der Waals surface area contributed by atoms with E-state index >= 15 is 0 Å². The van der Waals surface area contributed by atoms with Gasteiger partial charge < -0.3 is 4.98 Å². The van der Waals surface area contributed by atoms with Gasteiger partial charge in [-0.3, -0.25) is 4.90 Å². The third kappa shape index (κ3) is 3.15. The summed E-state index contributed by atoms with van der Waals surface area (Å²) >= 11 is 5.89. The van der Waals surface area contributed by atoms with E-state index in [0.29, 0.717) is 5.15 Å². The van der Waals surface area contributed by atoms with Gasteiger partial charge in [-0.05, 0) is 36.3 Å². The fourth-order valence-electron chi connectivity index (χ4n) is 2.03. The Bertz CT molecular complexity index is 483. The molecule has 1 aromatic carbocycles. The Morgan fingerprint density at radius 3 is 2.17 bits per heavy atom. The molecule has 0 bridgehead atoms. The molecule has 1 aromatic heterocycles. The first-order valence-corrected chi connectivity index (χ1v) is 6.77. The van der Waals surface area contributed by atoms with Crippen LogP contribution in [0.1, 0.15) is 19.4 Å². The quantitative estimate of drug-likeness (QED) is 0.857. The lowest BCUT2D eigenvalue weighted by atomic mass is 10.1. The van der Waals surface area contributed by atoms with Gasteiger partial charge in [0.25, 0.3) is 0 Å². The molecule has 0 aliphatic heterocycles. The summed E-state index contributed by atoms with van der Waals surface area (Å²) in [5.74, 6) is 0. The monoisotopic (exact) mass is 262 g/mol. The van der Waals surface area contributed by atoms with E-state index in [0.717, 1.165) is 25.3 Å². The Labute approximate surface area is 114 Å². The normalized spacial score (nSPS) is 11.1. The number of rotatable bonds is 5. The summed E-state index contributed by atoms with van der Waals surface area (Å²) in [5, 5.41) is 0.678. The van der Waals surface area contributed by atoms with Crippen molar-refractivity contribution in [2.45, 2.75) is 20.4 Å². The predicted octanol–water partition coefficient (Wildman–Crippen LogP) is 4.18. The highest BCUT2D eigenvalue weighted by Crippen LogP contribution is 2.21. The van der Waals surface area contributed by atoms with Crippen LogP contribution in [0, 0.1) is 0 Å². The van der Waals surface area contributed by atoms with Crippen LogP contribution in [-0.4, -0.2) is 23.0 Å². The number of nitrogens with zero attached hydrogens (tertiary/aromatic N) is 1. The maximum atomic E-state index is 5.89. The molecule has 1 N–H and O–H groups in total. The third-order valence-electron chi connectivity index (χ3n) is 3.22. The van der Waals surface area contributed by atoms with Gasteiger partial charge in [-0.25, -0.2) is 0 Å². The molecule has 0 unspecified atom stereocenters. The maximum absolute atomic E-state index is 5.89. The number of H-pyrrole nitrogens is 1. The van der Waals surface area contributed by atoms with E-state index in [9.17, 15) is 0 Å². The van der Waals surface area contributed by atoms with E-state index in [1.54, 1.807) is 0 Å². The van der Waals surface area contributed by atoms with E-state index in [2.05, 4.69) is 48.0 Å². The molecule has 0 saturated carbocycles. The summed E-state index contributed by atoms with van der Waals surface area (Å²) < 4.78 is 0. The molecule has 1 heterocycles. The van der Waals surface area contributed by atoms with Crippen molar-refractivity contribution >= 4 is 11.6 Å². The van der Waals surface area contributed by atoms with Crippen LogP contribution in [0.25, 0.3) is 11.3 Å². The highest BCUT2D eigenvalue weighted by molar-refractivity contribution is 6.29. The van der Waals surface area contributed by atoms with Crippen molar-refractivity contribution in [3.05, 3.63) is 47.1 Å². The van der Waals surface area contributed by atoms with Gasteiger partial charge in [-0.1, -0.05) is 49.7 Å². The van der Waals surface area contributed by atoms with Crippen molar-refractivity contribution in [1.82, 2.24) is 9.88 Å². The largest absolute Gasteiger partial charge is 0.346 e. The first-order chi connectivity index (χ1) is 8.72. The Morgan fingerprint density at radius 1 is 1.00 bits per heavy atom. The van der Waals surface area contributed by atoms with E-state index in [1.807, 2.05) is 12.1 Å². The highest BCUT2D eigenvalue weighted by Gasteiger charge is 2.03. The molecule has 3 heteroatoms. The number of halogens is 1. The van der Waals surface area contributed by atoms with E-state index in [4.69, 9.17) is 11.6 Å². The molecule has 96 valence electrons. The number of hydrogen-bond donors (Lipinski definition) is 1. The zero-order valence-corrected chi connectivity index (χ0v) is 11.7. The van der Waals surface area contributed by atoms with Crippen LogP contribution in [0.5, 0.6) is 0 Å². The van der Waals surface area contributed by atoms with Gasteiger partial charge in [-0.15, -0.1) is 0 Å². The SMILES string of the molecule is CCN(CC)Cc1ccc(-c2ccc(Cl)[nH]2)cc1. The van der Waals surface area contributed by atoms with E-state index in [-0.39, 0.29) is 0 Å². The summed E-state index contributed by atoms with van der Waals surface area (Å²) in [6.07, 6.45) is 0. The van der Waals surface area contributed by atoms with Crippen molar-refractivity contribution in [3.8, 4) is 11.3 Å². The van der Waals surface area contributed by atoms with E-state index in [1.165, 1.54) is 11.1 Å². The van der Waals surface area contributed by atoms with Crippen LogP contribution in [0.4, 0.5) is 0 Å². The minimum absolute atomic E-state index is 0.678. The van der Waals surface area contributed by atoms with Crippen molar-refractivity contribution in [2.75, 3.05) is 13.1 Å². The van der Waals surface area contributed by atoms with E-state index < -0.39 is 0 Å². The summed E-state index contributed by atoms with van der Waals surface area (Å²) in [7, 11) is 0. The lowest BCUT2D eigenvalue weighted by Crippen LogP contribution is -2.21. The summed E-state index contributed by atoms with van der Waals surface area (Å²) in [6.45, 7) is 7.57. The molecule has 0 spiro atoms. The van der Waals surface area contributed by atoms with Crippen molar-refractivity contribution < 1.29 is 0 Å². The van der Waals surface area contributed by atoms with Gasteiger partial charge in [0.1, 0.15) is 5.15 Å². The molecular weight excluding hydrogens is 244 g/mol. The zero-order valence-electron chi connectivity index (χ0n) is 10.9. The van der Waals surface area contributed by atoms with Crippen LogP contribution >= 0.6 is 11.6 Å². The summed E-state index contributed by atoms with van der Waals surface area (Å²) in [5.41, 5.74) is 3.58. The molecule has 0 atom stereocenters. The van der Waals surface area contributed by atoms with Gasteiger partial charge in [0.05, 0.1) is 0 Å². The molecule has 2 nitrogen and oxygen atoms in total. The molecule has 0 radical (unpaired) electrons. The molecule has 2 aromatic rings. The van der Waals surface area contributed by atoms with Crippen molar-refractivity contribution in [3.63, 3.8) is 0 Å². The maximum Gasteiger partial charge on any atom is 0.106 e. The lowest BCUT2D eigenvalue weighted by Gasteiger charge is -2.17. The fourth-order valence-corrected chi connectivity index (χ4v) is 2.20. The fraction of sp³-hybridized carbons (Fsp3) is 0.333. The standard InChI is InChI=1S/C15H19ClN2/c1-3-18(4-2)11-12-5-7-13(8-6-12)14-9-10-15(16)17-14/h5-10,17H,3-4,11H2,1-2H3. The summed E-state index contributed by atoms with van der Waals surface area (Å²) in [6, 6.07) is 12.5. The lowest BCUT2D eigenvalue weighted by molar-refractivity contribution is 0.296. The topological polar surface area (TPSA) is 19.0 Å². The minimum Gasteiger partial charge on any atom is -0.346 e. The average molecular weight is 263 g/mol. The van der Waals surface area contributed by atoms with Gasteiger partial charge in [0.15, 0.2) is 0 Å². The molecule has 18 heavy (non-hydrogen) atoms. The molecule has 0 saturated heterocycles. The second kappa shape index (κ2) is 6.07. The Morgan fingerprint density at radius 2 is 1.67 bits per heavy atom. The first-order valence-electron chi connectivity index (χ1n) is 6.39. The Balaban J connectivity index is 2.10. The second-order valence-corrected chi connectivity index (χ2v) is 4.79. The average Bonchev–Trinajstić information content (AvgIpc) is 2.83. The molecule has 0 aliphatic rings. The number of benzene rings is 1. The number of aromatic amines is 1. The third-order valence-corrected chi connectivity index (χ3v) is 3.44. The van der Waals surface area contributed by atoms with Crippen LogP contribution in [-0.2, 0) is 6.54 Å². The van der Waals surface area contributed by atoms with Gasteiger partial charge in [0, 0.05) is 12.2 Å². The molecule has 0 fully saturated rings. The number of hydrogen-bond acceptors (Lipinski definition) is 1. The van der Waals surface area contributed by atoms with Gasteiger partial charge >= 0.3 is 0 Å². The number of aromatic nitrogens is 1. The van der Waals surface area contributed by atoms with Crippen LogP contribution in [0.2, 0.25) is 5.15 Å². The van der Waals surface area contributed by atoms with Crippen molar-refractivity contribution in [1.29, 1.82) is 0 Å². The molecule has 2 rings (SSSR count).